The fourth-order valence-electron chi connectivity index (χ4n) is 3.10. The highest BCUT2D eigenvalue weighted by atomic mass is 32.2. The Hall–Kier alpha value is -1.37. The van der Waals surface area contributed by atoms with Gasteiger partial charge in [0.25, 0.3) is 10.1 Å². The van der Waals surface area contributed by atoms with E-state index in [0.717, 1.165) is 18.2 Å². The van der Waals surface area contributed by atoms with E-state index in [9.17, 15) is 8.42 Å². The Labute approximate surface area is 124 Å². The summed E-state index contributed by atoms with van der Waals surface area (Å²) in [4.78, 5) is 3.40. The van der Waals surface area contributed by atoms with Crippen molar-refractivity contribution in [3.63, 3.8) is 0 Å². The summed E-state index contributed by atoms with van der Waals surface area (Å²) in [7, 11) is -3.38. The average molecular weight is 308 g/mol. The molecule has 2 atom stereocenters. The normalized spacial score (nSPS) is 23.0. The molecule has 5 nitrogen and oxygen atoms in total. The van der Waals surface area contributed by atoms with Crippen LogP contribution in [-0.2, 0) is 20.7 Å². The molecule has 21 heavy (non-hydrogen) atoms. The van der Waals surface area contributed by atoms with Gasteiger partial charge in [-0.05, 0) is 31.4 Å². The van der Waals surface area contributed by atoms with Gasteiger partial charge >= 0.3 is 0 Å². The van der Waals surface area contributed by atoms with Crippen LogP contribution in [0, 0.1) is 6.92 Å². The first kappa shape index (κ1) is 14.6. The molecule has 114 valence electrons. The molecule has 2 N–H and O–H groups in total. The Bertz CT molecular complexity index is 751. The predicted molar refractivity (Wildman–Crippen MR) is 82.9 cm³/mol. The van der Waals surface area contributed by atoms with Crippen LogP contribution in [0.1, 0.15) is 17.7 Å². The lowest BCUT2D eigenvalue weighted by Gasteiger charge is -2.11. The van der Waals surface area contributed by atoms with Crippen molar-refractivity contribution in [2.45, 2.75) is 31.9 Å². The molecule has 0 radical (unpaired) electrons. The number of hydrogen-bond donors (Lipinski definition) is 2. The second-order valence-electron chi connectivity index (χ2n) is 5.74. The zero-order valence-corrected chi connectivity index (χ0v) is 13.0. The number of H-pyrrole nitrogens is 1. The third-order valence-corrected chi connectivity index (χ3v) is 4.59. The van der Waals surface area contributed by atoms with Crippen LogP contribution >= 0.6 is 0 Å². The van der Waals surface area contributed by atoms with E-state index in [4.69, 9.17) is 4.18 Å². The predicted octanol–water partition coefficient (Wildman–Crippen LogP) is 1.73. The average Bonchev–Trinajstić information content (AvgIpc) is 2.94. The third kappa shape index (κ3) is 3.28. The fourth-order valence-corrected chi connectivity index (χ4v) is 3.74. The minimum absolute atomic E-state index is 0.245. The number of nitrogens with one attached hydrogen (secondary N) is 2. The summed E-state index contributed by atoms with van der Waals surface area (Å²) in [6.07, 6.45) is 2.44. The number of aromatic amines is 1. The van der Waals surface area contributed by atoms with E-state index < -0.39 is 10.1 Å². The summed E-state index contributed by atoms with van der Waals surface area (Å²) in [5.41, 5.74) is 3.61. The number of fused-ring (bicyclic) bond motifs is 1. The first-order chi connectivity index (χ1) is 9.92. The zero-order valence-electron chi connectivity index (χ0n) is 12.2. The molecule has 0 bridgehead atoms. The Balaban J connectivity index is 1.74. The summed E-state index contributed by atoms with van der Waals surface area (Å²) < 4.78 is 27.4. The monoisotopic (exact) mass is 308 g/mol. The van der Waals surface area contributed by atoms with Gasteiger partial charge in [-0.2, -0.15) is 8.42 Å². The summed E-state index contributed by atoms with van der Waals surface area (Å²) in [6.45, 7) is 2.66. The van der Waals surface area contributed by atoms with Crippen LogP contribution in [0.3, 0.4) is 0 Å². The van der Waals surface area contributed by atoms with E-state index in [0.29, 0.717) is 13.0 Å². The van der Waals surface area contributed by atoms with Gasteiger partial charge in [-0.25, -0.2) is 0 Å². The highest BCUT2D eigenvalue weighted by Crippen LogP contribution is 2.25. The van der Waals surface area contributed by atoms with E-state index in [2.05, 4.69) is 29.4 Å². The van der Waals surface area contributed by atoms with Crippen molar-refractivity contribution in [2.24, 2.45) is 0 Å². The van der Waals surface area contributed by atoms with Crippen molar-refractivity contribution >= 4 is 21.0 Å². The molecule has 1 aromatic heterocycles. The molecule has 2 heterocycles. The summed E-state index contributed by atoms with van der Waals surface area (Å²) in [5, 5.41) is 4.60. The van der Waals surface area contributed by atoms with Crippen LogP contribution < -0.4 is 5.32 Å². The quantitative estimate of drug-likeness (QED) is 0.844. The molecule has 0 aliphatic carbocycles. The van der Waals surface area contributed by atoms with Crippen LogP contribution in [0.2, 0.25) is 0 Å². The first-order valence-electron chi connectivity index (χ1n) is 7.10. The summed E-state index contributed by atoms with van der Waals surface area (Å²) >= 11 is 0. The van der Waals surface area contributed by atoms with Gasteiger partial charge in [0.1, 0.15) is 0 Å². The van der Waals surface area contributed by atoms with Gasteiger partial charge in [0, 0.05) is 29.2 Å². The Kier molecular flexibility index (Phi) is 3.77. The molecule has 1 aliphatic rings. The van der Waals surface area contributed by atoms with Crippen LogP contribution in [0.25, 0.3) is 10.9 Å². The highest BCUT2D eigenvalue weighted by Gasteiger charge is 2.28. The molecule has 2 aromatic rings. The van der Waals surface area contributed by atoms with Crippen molar-refractivity contribution in [3.05, 3.63) is 35.5 Å². The second-order valence-corrected chi connectivity index (χ2v) is 7.34. The molecule has 0 spiro atoms. The van der Waals surface area contributed by atoms with E-state index in [1.807, 2.05) is 12.1 Å². The minimum atomic E-state index is -3.38. The zero-order chi connectivity index (χ0) is 15.0. The van der Waals surface area contributed by atoms with Crippen LogP contribution in [0.4, 0.5) is 0 Å². The van der Waals surface area contributed by atoms with Crippen LogP contribution in [-0.4, -0.2) is 38.3 Å². The molecule has 1 saturated heterocycles. The fraction of sp³-hybridized carbons (Fsp3) is 0.467. The first-order valence-corrected chi connectivity index (χ1v) is 8.92. The molecule has 0 unspecified atom stereocenters. The van der Waals surface area contributed by atoms with Gasteiger partial charge in [-0.1, -0.05) is 18.2 Å². The van der Waals surface area contributed by atoms with Gasteiger partial charge < -0.3 is 10.3 Å². The number of aromatic nitrogens is 1. The van der Waals surface area contributed by atoms with E-state index >= 15 is 0 Å². The Morgan fingerprint density at radius 3 is 2.86 bits per heavy atom. The molecule has 3 rings (SSSR count). The van der Waals surface area contributed by atoms with Crippen LogP contribution in [0.5, 0.6) is 0 Å². The second kappa shape index (κ2) is 5.44. The lowest BCUT2D eigenvalue weighted by atomic mass is 10.0. The van der Waals surface area contributed by atoms with Crippen LogP contribution in [0.15, 0.2) is 24.3 Å². The van der Waals surface area contributed by atoms with Crippen molar-refractivity contribution < 1.29 is 12.6 Å². The highest BCUT2D eigenvalue weighted by molar-refractivity contribution is 7.86. The number of aryl methyl sites for hydroxylation is 1. The maximum Gasteiger partial charge on any atom is 0.264 e. The van der Waals surface area contributed by atoms with E-state index in [-0.39, 0.29) is 12.1 Å². The summed E-state index contributed by atoms with van der Waals surface area (Å²) in [6, 6.07) is 8.49. The maximum atomic E-state index is 11.2. The molecular weight excluding hydrogens is 288 g/mol. The molecule has 1 fully saturated rings. The number of para-hydroxylation sites is 1. The largest absolute Gasteiger partial charge is 0.358 e. The smallest absolute Gasteiger partial charge is 0.264 e. The Morgan fingerprint density at radius 1 is 1.33 bits per heavy atom. The van der Waals surface area contributed by atoms with Gasteiger partial charge in [0.2, 0.25) is 0 Å². The standard InChI is InChI=1S/C15H20N2O3S/c1-10-14(13-5-3-4-6-15(13)17-10)8-11-7-12(9-16-11)20-21(2,18)19/h3-6,11-12,16-17H,7-9H2,1-2H3/t11-,12-/m1/s1. The van der Waals surface area contributed by atoms with Gasteiger partial charge in [-0.3, -0.25) is 4.18 Å². The van der Waals surface area contributed by atoms with Gasteiger partial charge in [-0.15, -0.1) is 0 Å². The number of rotatable bonds is 4. The Morgan fingerprint density at radius 2 is 2.10 bits per heavy atom. The van der Waals surface area contributed by atoms with Gasteiger partial charge in [0.15, 0.2) is 0 Å². The molecular formula is C15H20N2O3S. The summed E-state index contributed by atoms with van der Waals surface area (Å²) in [5.74, 6) is 0. The van der Waals surface area contributed by atoms with Crippen molar-refractivity contribution in [1.29, 1.82) is 0 Å². The lowest BCUT2D eigenvalue weighted by Crippen LogP contribution is -2.24. The van der Waals surface area contributed by atoms with Crippen molar-refractivity contribution in [2.75, 3.05) is 12.8 Å². The topological polar surface area (TPSA) is 71.2 Å². The lowest BCUT2D eigenvalue weighted by molar-refractivity contribution is 0.229. The molecule has 0 saturated carbocycles. The van der Waals surface area contributed by atoms with Gasteiger partial charge in [0.05, 0.1) is 12.4 Å². The third-order valence-electron chi connectivity index (χ3n) is 3.97. The molecule has 1 aromatic carbocycles. The minimum Gasteiger partial charge on any atom is -0.358 e. The van der Waals surface area contributed by atoms with Crippen molar-refractivity contribution in [3.8, 4) is 0 Å². The van der Waals surface area contributed by atoms with E-state index in [1.54, 1.807) is 0 Å². The maximum absolute atomic E-state index is 11.2. The van der Waals surface area contributed by atoms with Crippen molar-refractivity contribution in [1.82, 2.24) is 10.3 Å². The molecule has 1 aliphatic heterocycles. The van der Waals surface area contributed by atoms with E-state index in [1.165, 1.54) is 16.6 Å². The molecule has 0 amide bonds. The number of hydrogen-bond acceptors (Lipinski definition) is 4. The number of benzene rings is 1. The SMILES string of the molecule is Cc1[nH]c2ccccc2c1C[C@H]1C[C@@H](OS(C)(=O)=O)CN1. The molecule has 6 heteroatoms.